The van der Waals surface area contributed by atoms with Crippen molar-refractivity contribution in [2.45, 2.75) is 19.8 Å². The van der Waals surface area contributed by atoms with Crippen LogP contribution in [-0.2, 0) is 9.59 Å². The first-order valence-electron chi connectivity index (χ1n) is 3.77. The molecule has 0 rings (SSSR count). The minimum absolute atomic E-state index is 0.168. The van der Waals surface area contributed by atoms with Crippen LogP contribution in [0.2, 0.25) is 0 Å². The molecule has 0 aliphatic carbocycles. The van der Waals surface area contributed by atoms with Gasteiger partial charge in [-0.1, -0.05) is 19.1 Å². The molecule has 0 saturated heterocycles. The maximum Gasteiger partial charge on any atom is 0.251 e. The van der Waals surface area contributed by atoms with Gasteiger partial charge in [0.05, 0.1) is 5.92 Å². The van der Waals surface area contributed by atoms with Gasteiger partial charge in [0.2, 0.25) is 5.91 Å². The van der Waals surface area contributed by atoms with Crippen LogP contribution < -0.4 is 11.2 Å². The Labute approximate surface area is 81.2 Å². The van der Waals surface area contributed by atoms with Gasteiger partial charge in [-0.3, -0.25) is 14.8 Å². The summed E-state index contributed by atoms with van der Waals surface area (Å²) in [5.74, 6) is -2.11. The van der Waals surface area contributed by atoms with Crippen LogP contribution in [0.5, 0.6) is 0 Å². The van der Waals surface area contributed by atoms with Crippen LogP contribution in [0.3, 0.4) is 0 Å². The molecular weight excluding hydrogens is 192 g/mol. The number of carbonyl (C=O) groups is 2. The van der Waals surface area contributed by atoms with Crippen LogP contribution in [-0.4, -0.2) is 21.9 Å². The number of nitrogens with one attached hydrogen (secondary N) is 1. The third-order valence-corrected chi connectivity index (χ3v) is 2.14. The number of hydrogen-bond donors (Lipinski definition) is 3. The predicted octanol–water partition coefficient (Wildman–Crippen LogP) is -0.237. The molecule has 0 aliphatic rings. The molecule has 6 heteroatoms. The Kier molecular flexibility index (Phi) is 5.17. The first-order valence-corrected chi connectivity index (χ1v) is 4.18. The smallest absolute Gasteiger partial charge is 0.251 e. The van der Waals surface area contributed by atoms with Crippen LogP contribution in [0.1, 0.15) is 19.8 Å². The molecule has 1 unspecified atom stereocenters. The van der Waals surface area contributed by atoms with E-state index in [0.29, 0.717) is 11.3 Å². The van der Waals surface area contributed by atoms with Gasteiger partial charge in [-0.05, 0) is 6.42 Å². The topological polar surface area (TPSA) is 92.4 Å². The van der Waals surface area contributed by atoms with Gasteiger partial charge < -0.3 is 5.73 Å². The maximum atomic E-state index is 11.0. The van der Waals surface area contributed by atoms with E-state index in [1.807, 2.05) is 0 Å². The summed E-state index contributed by atoms with van der Waals surface area (Å²) >= 11 is 4.86. The Hall–Kier alpha value is -1.01. The number of nitrogens with two attached hydrogens (primary N) is 1. The van der Waals surface area contributed by atoms with Crippen molar-refractivity contribution in [3.63, 3.8) is 0 Å². The second kappa shape index (κ2) is 5.60. The van der Waals surface area contributed by atoms with Gasteiger partial charge in [-0.25, -0.2) is 5.48 Å². The Morgan fingerprint density at radius 3 is 2.46 bits per heavy atom. The van der Waals surface area contributed by atoms with Crippen LogP contribution in [0.4, 0.5) is 0 Å². The van der Waals surface area contributed by atoms with E-state index in [1.54, 1.807) is 6.92 Å². The summed E-state index contributed by atoms with van der Waals surface area (Å²) in [6, 6.07) is 0. The van der Waals surface area contributed by atoms with E-state index < -0.39 is 17.7 Å². The van der Waals surface area contributed by atoms with Crippen molar-refractivity contribution >= 4 is 28.9 Å². The van der Waals surface area contributed by atoms with Crippen LogP contribution >= 0.6 is 12.2 Å². The normalized spacial score (nSPS) is 11.8. The number of hydrogen-bond acceptors (Lipinski definition) is 4. The standard InChI is InChI=1S/C7H12N2O3S/c1-2-5(13)4(3-6(8)10)7(11)9-12/h4,12H,2-3H2,1H3,(H2,8,10)(H,9,11). The van der Waals surface area contributed by atoms with Crippen LogP contribution in [0.25, 0.3) is 0 Å². The Morgan fingerprint density at radius 2 is 2.15 bits per heavy atom. The molecule has 0 aromatic heterocycles. The lowest BCUT2D eigenvalue weighted by molar-refractivity contribution is -0.133. The van der Waals surface area contributed by atoms with Crippen molar-refractivity contribution < 1.29 is 14.8 Å². The van der Waals surface area contributed by atoms with E-state index in [4.69, 9.17) is 23.2 Å². The van der Waals surface area contributed by atoms with Gasteiger partial charge in [-0.15, -0.1) is 0 Å². The van der Waals surface area contributed by atoms with Crippen molar-refractivity contribution in [3.8, 4) is 0 Å². The Balaban J connectivity index is 4.45. The minimum atomic E-state index is -0.803. The fraction of sp³-hybridized carbons (Fsp3) is 0.571. The van der Waals surface area contributed by atoms with E-state index in [-0.39, 0.29) is 6.42 Å². The molecule has 0 aromatic rings. The van der Waals surface area contributed by atoms with Gasteiger partial charge in [0.15, 0.2) is 0 Å². The molecule has 0 radical (unpaired) electrons. The molecule has 0 saturated carbocycles. The highest BCUT2D eigenvalue weighted by Crippen LogP contribution is 2.08. The summed E-state index contributed by atoms with van der Waals surface area (Å²) in [6.45, 7) is 1.76. The highest BCUT2D eigenvalue weighted by Gasteiger charge is 2.23. The SMILES string of the molecule is CCC(=S)C(CC(N)=O)C(=O)NO. The number of thiocarbonyl (C=S) groups is 1. The molecule has 4 N–H and O–H groups in total. The van der Waals surface area contributed by atoms with Crippen molar-refractivity contribution in [2.75, 3.05) is 0 Å². The summed E-state index contributed by atoms with van der Waals surface area (Å²) in [5, 5.41) is 8.35. The number of rotatable bonds is 5. The van der Waals surface area contributed by atoms with Gasteiger partial charge in [0.25, 0.3) is 5.91 Å². The number of primary amides is 1. The highest BCUT2D eigenvalue weighted by atomic mass is 32.1. The third kappa shape index (κ3) is 3.95. The van der Waals surface area contributed by atoms with E-state index in [9.17, 15) is 9.59 Å². The zero-order valence-corrected chi connectivity index (χ0v) is 8.06. The first kappa shape index (κ1) is 12.0. The van der Waals surface area contributed by atoms with Crippen molar-refractivity contribution in [1.29, 1.82) is 0 Å². The summed E-state index contributed by atoms with van der Waals surface area (Å²) in [6.07, 6.45) is 0.319. The lowest BCUT2D eigenvalue weighted by Gasteiger charge is -2.12. The Bertz CT molecular complexity index is 214. The first-order chi connectivity index (χ1) is 6.02. The molecule has 0 aliphatic heterocycles. The summed E-state index contributed by atoms with van der Waals surface area (Å²) in [4.78, 5) is 22.0. The fourth-order valence-electron chi connectivity index (χ4n) is 0.878. The van der Waals surface area contributed by atoms with Crippen molar-refractivity contribution in [1.82, 2.24) is 5.48 Å². The fourth-order valence-corrected chi connectivity index (χ4v) is 1.07. The molecule has 13 heavy (non-hydrogen) atoms. The predicted molar refractivity (Wildman–Crippen MR) is 50.1 cm³/mol. The van der Waals surface area contributed by atoms with Crippen molar-refractivity contribution in [2.24, 2.45) is 11.7 Å². The van der Waals surface area contributed by atoms with E-state index in [2.05, 4.69) is 0 Å². The van der Waals surface area contributed by atoms with Gasteiger partial charge >= 0.3 is 0 Å². The van der Waals surface area contributed by atoms with Gasteiger partial charge in [-0.2, -0.15) is 0 Å². The van der Waals surface area contributed by atoms with E-state index >= 15 is 0 Å². The molecule has 0 heterocycles. The maximum absolute atomic E-state index is 11.0. The molecule has 0 spiro atoms. The third-order valence-electron chi connectivity index (χ3n) is 1.57. The number of hydroxylamine groups is 1. The average Bonchev–Trinajstić information content (AvgIpc) is 2.11. The zero-order chi connectivity index (χ0) is 10.4. The van der Waals surface area contributed by atoms with Gasteiger partial charge in [0, 0.05) is 11.3 Å². The quantitative estimate of drug-likeness (QED) is 0.327. The number of amides is 2. The number of carbonyl (C=O) groups excluding carboxylic acids is 2. The molecule has 0 bridgehead atoms. The Morgan fingerprint density at radius 1 is 1.62 bits per heavy atom. The van der Waals surface area contributed by atoms with Crippen molar-refractivity contribution in [3.05, 3.63) is 0 Å². The zero-order valence-electron chi connectivity index (χ0n) is 7.24. The van der Waals surface area contributed by atoms with E-state index in [1.165, 1.54) is 5.48 Å². The van der Waals surface area contributed by atoms with Gasteiger partial charge in [0.1, 0.15) is 0 Å². The monoisotopic (exact) mass is 204 g/mol. The largest absolute Gasteiger partial charge is 0.370 e. The van der Waals surface area contributed by atoms with Crippen LogP contribution in [0.15, 0.2) is 0 Å². The molecule has 0 fully saturated rings. The molecule has 1 atom stereocenters. The molecule has 5 nitrogen and oxygen atoms in total. The molecule has 74 valence electrons. The lowest BCUT2D eigenvalue weighted by atomic mass is 9.98. The second-order valence-corrected chi connectivity index (χ2v) is 3.04. The summed E-state index contributed by atoms with van der Waals surface area (Å²) in [5.41, 5.74) is 6.37. The molecule has 2 amide bonds. The summed E-state index contributed by atoms with van der Waals surface area (Å²) in [7, 11) is 0. The minimum Gasteiger partial charge on any atom is -0.370 e. The highest BCUT2D eigenvalue weighted by molar-refractivity contribution is 7.80. The molecular formula is C7H12N2O3S. The lowest BCUT2D eigenvalue weighted by Crippen LogP contribution is -2.35. The molecule has 0 aromatic carbocycles. The second-order valence-electron chi connectivity index (χ2n) is 2.52. The average molecular weight is 204 g/mol. The van der Waals surface area contributed by atoms with E-state index in [0.717, 1.165) is 0 Å². The summed E-state index contributed by atoms with van der Waals surface area (Å²) < 4.78 is 0. The van der Waals surface area contributed by atoms with Crippen LogP contribution in [0, 0.1) is 5.92 Å².